The van der Waals surface area contributed by atoms with Crippen LogP contribution in [0.15, 0.2) is 24.3 Å². The van der Waals surface area contributed by atoms with Crippen molar-refractivity contribution in [1.29, 1.82) is 0 Å². The van der Waals surface area contributed by atoms with E-state index < -0.39 is 0 Å². The molecule has 0 radical (unpaired) electrons. The van der Waals surface area contributed by atoms with Crippen LogP contribution in [0.4, 0.5) is 11.4 Å². The molecule has 0 spiro atoms. The molecule has 0 amide bonds. The Bertz CT molecular complexity index is 400. The summed E-state index contributed by atoms with van der Waals surface area (Å²) in [6.07, 6.45) is 0.860. The SMILES string of the molecule is CC1(Nc2ccccc2[N+](=O)[O-])CCOC1. The molecule has 0 aliphatic carbocycles. The summed E-state index contributed by atoms with van der Waals surface area (Å²) in [4.78, 5) is 10.5. The van der Waals surface area contributed by atoms with E-state index in [2.05, 4.69) is 5.32 Å². The van der Waals surface area contributed by atoms with E-state index in [4.69, 9.17) is 4.74 Å². The molecule has 0 bridgehead atoms. The summed E-state index contributed by atoms with van der Waals surface area (Å²) in [6.45, 7) is 3.29. The van der Waals surface area contributed by atoms with E-state index in [-0.39, 0.29) is 16.1 Å². The molecule has 1 aliphatic heterocycles. The maximum atomic E-state index is 10.8. The lowest BCUT2D eigenvalue weighted by atomic mass is 10.0. The van der Waals surface area contributed by atoms with Crippen LogP contribution < -0.4 is 5.32 Å². The van der Waals surface area contributed by atoms with Gasteiger partial charge in [-0.1, -0.05) is 12.1 Å². The summed E-state index contributed by atoms with van der Waals surface area (Å²) < 4.78 is 5.30. The van der Waals surface area contributed by atoms with E-state index in [1.54, 1.807) is 18.2 Å². The molecule has 86 valence electrons. The molecule has 2 rings (SSSR count). The van der Waals surface area contributed by atoms with Crippen molar-refractivity contribution in [2.75, 3.05) is 18.5 Å². The Morgan fingerprint density at radius 3 is 2.88 bits per heavy atom. The molecule has 1 aromatic carbocycles. The number of rotatable bonds is 3. The van der Waals surface area contributed by atoms with E-state index in [1.165, 1.54) is 6.07 Å². The van der Waals surface area contributed by atoms with Gasteiger partial charge in [-0.2, -0.15) is 0 Å². The number of nitro benzene ring substituents is 1. The lowest BCUT2D eigenvalue weighted by Gasteiger charge is -2.24. The number of nitro groups is 1. The molecule has 1 N–H and O–H groups in total. The lowest BCUT2D eigenvalue weighted by Crippen LogP contribution is -2.35. The second kappa shape index (κ2) is 4.09. The van der Waals surface area contributed by atoms with Crippen LogP contribution in [0.2, 0.25) is 0 Å². The van der Waals surface area contributed by atoms with Crippen molar-refractivity contribution in [2.24, 2.45) is 0 Å². The zero-order chi connectivity index (χ0) is 11.6. The summed E-state index contributed by atoms with van der Waals surface area (Å²) in [5.41, 5.74) is 0.461. The van der Waals surface area contributed by atoms with Gasteiger partial charge in [-0.05, 0) is 19.4 Å². The predicted octanol–water partition coefficient (Wildman–Crippen LogP) is 2.19. The van der Waals surface area contributed by atoms with Gasteiger partial charge in [0.15, 0.2) is 0 Å². The van der Waals surface area contributed by atoms with Crippen molar-refractivity contribution in [3.63, 3.8) is 0 Å². The molecule has 1 aromatic rings. The molecule has 5 nitrogen and oxygen atoms in total. The minimum Gasteiger partial charge on any atom is -0.379 e. The molecule has 0 saturated carbocycles. The number of ether oxygens (including phenoxy) is 1. The van der Waals surface area contributed by atoms with Crippen LogP contribution in [-0.4, -0.2) is 23.7 Å². The Morgan fingerprint density at radius 1 is 1.50 bits per heavy atom. The number of para-hydroxylation sites is 2. The summed E-state index contributed by atoms with van der Waals surface area (Å²) in [5, 5.41) is 14.0. The molecule has 1 unspecified atom stereocenters. The molecule has 1 saturated heterocycles. The molecule has 5 heteroatoms. The minimum absolute atomic E-state index is 0.107. The topological polar surface area (TPSA) is 64.4 Å². The maximum absolute atomic E-state index is 10.8. The second-order valence-corrected chi connectivity index (χ2v) is 4.26. The fourth-order valence-electron chi connectivity index (χ4n) is 1.83. The average Bonchev–Trinajstić information content (AvgIpc) is 2.65. The van der Waals surface area contributed by atoms with Crippen molar-refractivity contribution < 1.29 is 9.66 Å². The first-order valence-corrected chi connectivity index (χ1v) is 5.20. The molecule has 16 heavy (non-hydrogen) atoms. The molecule has 1 aliphatic rings. The van der Waals surface area contributed by atoms with Crippen molar-refractivity contribution in [1.82, 2.24) is 0 Å². The van der Waals surface area contributed by atoms with Crippen LogP contribution in [0.1, 0.15) is 13.3 Å². The zero-order valence-electron chi connectivity index (χ0n) is 9.10. The Hall–Kier alpha value is -1.62. The van der Waals surface area contributed by atoms with E-state index in [9.17, 15) is 10.1 Å². The van der Waals surface area contributed by atoms with Gasteiger partial charge in [-0.3, -0.25) is 10.1 Å². The summed E-state index contributed by atoms with van der Waals surface area (Å²) in [7, 11) is 0. The van der Waals surface area contributed by atoms with Gasteiger partial charge in [-0.15, -0.1) is 0 Å². The van der Waals surface area contributed by atoms with Gasteiger partial charge in [0, 0.05) is 12.7 Å². The maximum Gasteiger partial charge on any atom is 0.292 e. The Morgan fingerprint density at radius 2 is 2.25 bits per heavy atom. The smallest absolute Gasteiger partial charge is 0.292 e. The predicted molar refractivity (Wildman–Crippen MR) is 60.6 cm³/mol. The zero-order valence-corrected chi connectivity index (χ0v) is 9.10. The van der Waals surface area contributed by atoms with Crippen LogP contribution in [-0.2, 0) is 4.74 Å². The quantitative estimate of drug-likeness (QED) is 0.629. The number of hydrogen-bond acceptors (Lipinski definition) is 4. The van der Waals surface area contributed by atoms with Gasteiger partial charge in [0.2, 0.25) is 0 Å². The average molecular weight is 222 g/mol. The highest BCUT2D eigenvalue weighted by Gasteiger charge is 2.31. The Labute approximate surface area is 93.6 Å². The van der Waals surface area contributed by atoms with Crippen molar-refractivity contribution in [3.05, 3.63) is 34.4 Å². The monoisotopic (exact) mass is 222 g/mol. The van der Waals surface area contributed by atoms with Gasteiger partial charge in [0.05, 0.1) is 17.1 Å². The highest BCUT2D eigenvalue weighted by atomic mass is 16.6. The standard InChI is InChI=1S/C11H14N2O3/c1-11(6-7-16-8-11)12-9-4-2-3-5-10(9)13(14)15/h2-5,12H,6-8H2,1H3. The highest BCUT2D eigenvalue weighted by molar-refractivity contribution is 5.62. The Kier molecular flexibility index (Phi) is 2.78. The third-order valence-corrected chi connectivity index (χ3v) is 2.76. The molecular formula is C11H14N2O3. The number of anilines is 1. The first-order valence-electron chi connectivity index (χ1n) is 5.20. The van der Waals surface area contributed by atoms with Gasteiger partial charge in [0.25, 0.3) is 5.69 Å². The summed E-state index contributed by atoms with van der Waals surface area (Å²) in [5.74, 6) is 0. The van der Waals surface area contributed by atoms with E-state index in [0.29, 0.717) is 18.9 Å². The third kappa shape index (κ3) is 2.14. The fraction of sp³-hybridized carbons (Fsp3) is 0.455. The van der Waals surface area contributed by atoms with E-state index >= 15 is 0 Å². The van der Waals surface area contributed by atoms with Crippen LogP contribution in [0.25, 0.3) is 0 Å². The first kappa shape index (κ1) is 10.9. The molecular weight excluding hydrogens is 208 g/mol. The normalized spacial score (nSPS) is 24.3. The van der Waals surface area contributed by atoms with Crippen LogP contribution in [0, 0.1) is 10.1 Å². The Balaban J connectivity index is 2.23. The van der Waals surface area contributed by atoms with E-state index in [0.717, 1.165) is 6.42 Å². The number of benzene rings is 1. The van der Waals surface area contributed by atoms with Gasteiger partial charge in [-0.25, -0.2) is 0 Å². The first-order chi connectivity index (χ1) is 7.61. The number of nitrogens with one attached hydrogen (secondary N) is 1. The molecule has 1 heterocycles. The second-order valence-electron chi connectivity index (χ2n) is 4.26. The number of hydrogen-bond donors (Lipinski definition) is 1. The van der Waals surface area contributed by atoms with Crippen LogP contribution in [0.5, 0.6) is 0 Å². The van der Waals surface area contributed by atoms with Gasteiger partial charge < -0.3 is 10.1 Å². The summed E-state index contributed by atoms with van der Waals surface area (Å²) in [6, 6.07) is 6.68. The molecule has 1 fully saturated rings. The van der Waals surface area contributed by atoms with E-state index in [1.807, 2.05) is 6.92 Å². The van der Waals surface area contributed by atoms with Gasteiger partial charge >= 0.3 is 0 Å². The van der Waals surface area contributed by atoms with Crippen LogP contribution in [0.3, 0.4) is 0 Å². The fourth-order valence-corrected chi connectivity index (χ4v) is 1.83. The minimum atomic E-state index is -0.374. The number of nitrogens with zero attached hydrogens (tertiary/aromatic N) is 1. The largest absolute Gasteiger partial charge is 0.379 e. The van der Waals surface area contributed by atoms with Crippen molar-refractivity contribution in [2.45, 2.75) is 18.9 Å². The third-order valence-electron chi connectivity index (χ3n) is 2.76. The summed E-state index contributed by atoms with van der Waals surface area (Å²) >= 11 is 0. The van der Waals surface area contributed by atoms with Crippen LogP contribution >= 0.6 is 0 Å². The lowest BCUT2D eigenvalue weighted by molar-refractivity contribution is -0.384. The van der Waals surface area contributed by atoms with Crippen molar-refractivity contribution in [3.8, 4) is 0 Å². The molecule has 1 atom stereocenters. The highest BCUT2D eigenvalue weighted by Crippen LogP contribution is 2.29. The molecule has 0 aromatic heterocycles. The van der Waals surface area contributed by atoms with Crippen molar-refractivity contribution >= 4 is 11.4 Å². The van der Waals surface area contributed by atoms with Gasteiger partial charge in [0.1, 0.15) is 5.69 Å².